The number of esters is 1. The highest BCUT2D eigenvalue weighted by Crippen LogP contribution is 2.28. The lowest BCUT2D eigenvalue weighted by Crippen LogP contribution is -2.25. The molecule has 132 valence electrons. The van der Waals surface area contributed by atoms with Gasteiger partial charge in [0.2, 0.25) is 0 Å². The van der Waals surface area contributed by atoms with Crippen molar-refractivity contribution in [3.8, 4) is 0 Å². The van der Waals surface area contributed by atoms with Crippen molar-refractivity contribution in [1.82, 2.24) is 14.5 Å². The molecule has 0 unspecified atom stereocenters. The van der Waals surface area contributed by atoms with Crippen LogP contribution < -0.4 is 5.56 Å². The van der Waals surface area contributed by atoms with E-state index in [9.17, 15) is 9.59 Å². The van der Waals surface area contributed by atoms with E-state index in [0.29, 0.717) is 35.8 Å². The van der Waals surface area contributed by atoms with Gasteiger partial charge in [-0.25, -0.2) is 4.98 Å². The number of hydrogen-bond acceptors (Lipinski definition) is 5. The van der Waals surface area contributed by atoms with E-state index in [1.54, 1.807) is 11.5 Å². The van der Waals surface area contributed by atoms with Crippen LogP contribution in [0, 0.1) is 0 Å². The summed E-state index contributed by atoms with van der Waals surface area (Å²) in [6.07, 6.45) is 0.606. The number of carbonyl (C=O) groups is 1. The quantitative estimate of drug-likeness (QED) is 0.415. The van der Waals surface area contributed by atoms with Crippen molar-refractivity contribution in [2.45, 2.75) is 44.1 Å². The number of aromatic nitrogens is 3. The summed E-state index contributed by atoms with van der Waals surface area (Å²) in [5.74, 6) is -0.272. The van der Waals surface area contributed by atoms with Crippen LogP contribution >= 0.6 is 11.8 Å². The molecule has 0 bridgehead atoms. The number of thioether (sulfide) groups is 1. The molecule has 1 aromatic carbocycles. The molecule has 3 rings (SSSR count). The molecule has 1 atom stereocenters. The Labute approximate surface area is 149 Å². The summed E-state index contributed by atoms with van der Waals surface area (Å²) in [4.78, 5) is 32.9. The average molecular weight is 359 g/mol. The molecule has 2 heterocycles. The number of rotatable bonds is 6. The summed E-state index contributed by atoms with van der Waals surface area (Å²) < 4.78 is 6.73. The predicted molar refractivity (Wildman–Crippen MR) is 100 cm³/mol. The van der Waals surface area contributed by atoms with Crippen LogP contribution in [-0.2, 0) is 16.1 Å². The van der Waals surface area contributed by atoms with E-state index in [4.69, 9.17) is 9.72 Å². The SMILES string of the molecule is CCOC(=O)[C@@H](CC)Sc1nc2c([nH]c3ccccc32)c(=O)n1CC. The molecule has 0 aliphatic heterocycles. The third-order valence-electron chi connectivity index (χ3n) is 4.06. The highest BCUT2D eigenvalue weighted by molar-refractivity contribution is 8.00. The van der Waals surface area contributed by atoms with E-state index >= 15 is 0 Å². The Bertz CT molecular complexity index is 977. The highest BCUT2D eigenvalue weighted by Gasteiger charge is 2.23. The zero-order chi connectivity index (χ0) is 18.0. The van der Waals surface area contributed by atoms with Crippen molar-refractivity contribution in [2.24, 2.45) is 0 Å². The first kappa shape index (κ1) is 17.5. The molecule has 0 saturated carbocycles. The van der Waals surface area contributed by atoms with E-state index in [0.717, 1.165) is 10.9 Å². The van der Waals surface area contributed by atoms with Crippen LogP contribution in [0.4, 0.5) is 0 Å². The van der Waals surface area contributed by atoms with Gasteiger partial charge in [-0.1, -0.05) is 36.9 Å². The lowest BCUT2D eigenvalue weighted by molar-refractivity contribution is -0.142. The van der Waals surface area contributed by atoms with Crippen molar-refractivity contribution >= 4 is 39.7 Å². The lowest BCUT2D eigenvalue weighted by Gasteiger charge is -2.15. The topological polar surface area (TPSA) is 77.0 Å². The van der Waals surface area contributed by atoms with Crippen molar-refractivity contribution in [1.29, 1.82) is 0 Å². The summed E-state index contributed by atoms with van der Waals surface area (Å²) >= 11 is 1.29. The van der Waals surface area contributed by atoms with Gasteiger partial charge in [0, 0.05) is 17.4 Å². The maximum atomic E-state index is 12.9. The van der Waals surface area contributed by atoms with Crippen LogP contribution in [0.15, 0.2) is 34.2 Å². The maximum absolute atomic E-state index is 12.9. The van der Waals surface area contributed by atoms with Crippen LogP contribution in [0.25, 0.3) is 21.9 Å². The molecule has 2 aromatic heterocycles. The first-order valence-electron chi connectivity index (χ1n) is 8.45. The van der Waals surface area contributed by atoms with E-state index in [-0.39, 0.29) is 16.8 Å². The first-order valence-corrected chi connectivity index (χ1v) is 9.33. The minimum atomic E-state index is -0.382. The number of aromatic amines is 1. The molecule has 1 N–H and O–H groups in total. The number of hydrogen-bond donors (Lipinski definition) is 1. The Morgan fingerprint density at radius 1 is 1.32 bits per heavy atom. The Kier molecular flexibility index (Phi) is 5.13. The van der Waals surface area contributed by atoms with E-state index in [1.165, 1.54) is 11.8 Å². The van der Waals surface area contributed by atoms with Crippen molar-refractivity contribution in [2.75, 3.05) is 6.61 Å². The molecular weight excluding hydrogens is 338 g/mol. The summed E-state index contributed by atoms with van der Waals surface area (Å²) in [5.41, 5.74) is 1.90. The second-order valence-corrected chi connectivity index (χ2v) is 6.77. The largest absolute Gasteiger partial charge is 0.465 e. The molecule has 0 radical (unpaired) electrons. The molecular formula is C18H21N3O3S. The van der Waals surface area contributed by atoms with Crippen molar-refractivity contribution in [3.63, 3.8) is 0 Å². The number of carbonyl (C=O) groups excluding carboxylic acids is 1. The minimum Gasteiger partial charge on any atom is -0.465 e. The van der Waals surface area contributed by atoms with Gasteiger partial charge in [0.05, 0.1) is 6.61 Å². The number of benzene rings is 1. The second kappa shape index (κ2) is 7.31. The number of fused-ring (bicyclic) bond motifs is 3. The van der Waals surface area contributed by atoms with Gasteiger partial charge >= 0.3 is 5.97 Å². The van der Waals surface area contributed by atoms with Gasteiger partial charge in [-0.15, -0.1) is 0 Å². The Morgan fingerprint density at radius 2 is 2.08 bits per heavy atom. The zero-order valence-corrected chi connectivity index (χ0v) is 15.4. The molecule has 0 amide bonds. The first-order chi connectivity index (χ1) is 12.1. The van der Waals surface area contributed by atoms with Crippen LogP contribution in [0.1, 0.15) is 27.2 Å². The van der Waals surface area contributed by atoms with Gasteiger partial charge in [0.15, 0.2) is 5.16 Å². The van der Waals surface area contributed by atoms with E-state index < -0.39 is 0 Å². The summed E-state index contributed by atoms with van der Waals surface area (Å²) in [5, 5.41) is 1.07. The normalized spacial score (nSPS) is 12.6. The fraction of sp³-hybridized carbons (Fsp3) is 0.389. The number of nitrogens with zero attached hydrogens (tertiary/aromatic N) is 2. The molecule has 0 aliphatic rings. The third-order valence-corrected chi connectivity index (χ3v) is 5.39. The van der Waals surface area contributed by atoms with Crippen LogP contribution in [0.3, 0.4) is 0 Å². The van der Waals surface area contributed by atoms with Crippen molar-refractivity contribution < 1.29 is 9.53 Å². The summed E-state index contributed by atoms with van der Waals surface area (Å²) in [6.45, 7) is 6.43. The summed E-state index contributed by atoms with van der Waals surface area (Å²) in [7, 11) is 0. The van der Waals surface area contributed by atoms with Crippen LogP contribution in [0.2, 0.25) is 0 Å². The summed E-state index contributed by atoms with van der Waals surface area (Å²) in [6, 6.07) is 7.70. The van der Waals surface area contributed by atoms with Gasteiger partial charge in [-0.05, 0) is 26.3 Å². The average Bonchev–Trinajstić information content (AvgIpc) is 2.99. The predicted octanol–water partition coefficient (Wildman–Crippen LogP) is 3.33. The second-order valence-electron chi connectivity index (χ2n) is 5.60. The Morgan fingerprint density at radius 3 is 2.76 bits per heavy atom. The number of H-pyrrole nitrogens is 1. The van der Waals surface area contributed by atoms with E-state index in [2.05, 4.69) is 4.98 Å². The van der Waals surface area contributed by atoms with Gasteiger partial charge in [0.25, 0.3) is 5.56 Å². The monoisotopic (exact) mass is 359 g/mol. The molecule has 0 fully saturated rings. The molecule has 3 aromatic rings. The lowest BCUT2D eigenvalue weighted by atomic mass is 10.2. The van der Waals surface area contributed by atoms with Crippen molar-refractivity contribution in [3.05, 3.63) is 34.6 Å². The molecule has 0 saturated heterocycles. The zero-order valence-electron chi connectivity index (χ0n) is 14.5. The molecule has 7 heteroatoms. The fourth-order valence-corrected chi connectivity index (χ4v) is 3.87. The number of para-hydroxylation sites is 1. The number of ether oxygens (including phenoxy) is 1. The molecule has 6 nitrogen and oxygen atoms in total. The standard InChI is InChI=1S/C18H21N3O3S/c1-4-13(17(23)24-6-3)25-18-20-14-11-9-7-8-10-12(11)19-15(14)16(22)21(18)5-2/h7-10,13,19H,4-6H2,1-3H3/t13-/m1/s1. The van der Waals surface area contributed by atoms with E-state index in [1.807, 2.05) is 38.1 Å². The molecule has 0 spiro atoms. The number of nitrogens with one attached hydrogen (secondary N) is 1. The van der Waals surface area contributed by atoms with Gasteiger partial charge in [-0.3, -0.25) is 14.2 Å². The molecule has 0 aliphatic carbocycles. The molecule has 25 heavy (non-hydrogen) atoms. The maximum Gasteiger partial charge on any atom is 0.319 e. The smallest absolute Gasteiger partial charge is 0.319 e. The Balaban J connectivity index is 2.15. The van der Waals surface area contributed by atoms with Gasteiger partial charge in [-0.2, -0.15) is 0 Å². The van der Waals surface area contributed by atoms with Crippen LogP contribution in [-0.4, -0.2) is 32.4 Å². The van der Waals surface area contributed by atoms with Gasteiger partial charge in [0.1, 0.15) is 16.3 Å². The minimum absolute atomic E-state index is 0.120. The fourth-order valence-electron chi connectivity index (χ4n) is 2.81. The highest BCUT2D eigenvalue weighted by atomic mass is 32.2. The van der Waals surface area contributed by atoms with Gasteiger partial charge < -0.3 is 9.72 Å². The third kappa shape index (κ3) is 3.16. The Hall–Kier alpha value is -2.28. The van der Waals surface area contributed by atoms with Crippen LogP contribution in [0.5, 0.6) is 0 Å².